The molecule has 4 nitrogen and oxygen atoms in total. The Morgan fingerprint density at radius 2 is 2.15 bits per heavy atom. The summed E-state index contributed by atoms with van der Waals surface area (Å²) >= 11 is 0. The van der Waals surface area contributed by atoms with Gasteiger partial charge in [0.25, 0.3) is 10.1 Å². The third-order valence-electron chi connectivity index (χ3n) is 1.97. The molecule has 1 aromatic carbocycles. The van der Waals surface area contributed by atoms with Gasteiger partial charge in [-0.3, -0.25) is 4.55 Å². The molecule has 0 aliphatic carbocycles. The van der Waals surface area contributed by atoms with Crippen molar-refractivity contribution < 1.29 is 17.7 Å². The van der Waals surface area contributed by atoms with Gasteiger partial charge in [-0.05, 0) is 18.1 Å². The van der Waals surface area contributed by atoms with E-state index < -0.39 is 10.1 Å². The van der Waals surface area contributed by atoms with Crippen molar-refractivity contribution in [3.05, 3.63) is 17.7 Å². The Balaban J connectivity index is 2.70. The van der Waals surface area contributed by atoms with Gasteiger partial charge >= 0.3 is 0 Å². The molecule has 1 aromatic rings. The smallest absolute Gasteiger partial charge is 0.298 e. The normalized spacial score (nSPS) is 13.4. The van der Waals surface area contributed by atoms with Crippen molar-refractivity contribution in [1.29, 1.82) is 0 Å². The van der Waals surface area contributed by atoms with Gasteiger partial charge < -0.3 is 4.74 Å². The summed E-state index contributed by atoms with van der Waals surface area (Å²) < 4.78 is 35.7. The molecule has 0 radical (unpaired) electrons. The number of rotatable bonds is 2. The maximum absolute atomic E-state index is 10.9. The number of ether oxygens (including phenoxy) is 1. The molecule has 0 amide bonds. The molecule has 1 aliphatic rings. The number of hydrogen-bond acceptors (Lipinski definition) is 3. The maximum atomic E-state index is 10.9. The van der Waals surface area contributed by atoms with Crippen molar-refractivity contribution in [2.75, 3.05) is 0 Å². The third-order valence-corrected chi connectivity index (χ3v) is 2.93. The molecule has 0 bridgehead atoms. The Hall–Kier alpha value is -1.07. The van der Waals surface area contributed by atoms with Crippen LogP contribution in [0.5, 0.6) is 11.5 Å². The Labute approximate surface area is 75.9 Å². The number of fused-ring (bicyclic) bond motifs is 1. The number of benzene rings is 1. The second-order valence-corrected chi connectivity index (χ2v) is 4.17. The van der Waals surface area contributed by atoms with Crippen LogP contribution in [0.3, 0.4) is 0 Å². The number of aryl methyl sites for hydroxylation is 1. The van der Waals surface area contributed by atoms with Gasteiger partial charge in [0.2, 0.25) is 0 Å². The van der Waals surface area contributed by atoms with Crippen LogP contribution in [0.2, 0.25) is 0 Å². The molecule has 0 fully saturated rings. The monoisotopic (exact) mass is 200 g/mol. The Bertz CT molecular complexity index is 461. The fourth-order valence-electron chi connectivity index (χ4n) is 1.31. The lowest BCUT2D eigenvalue weighted by Gasteiger charge is -1.99. The average molecular weight is 200 g/mol. The highest BCUT2D eigenvalue weighted by Gasteiger charge is 2.33. The highest BCUT2D eigenvalue weighted by molar-refractivity contribution is 7.86. The second kappa shape index (κ2) is 2.46. The lowest BCUT2D eigenvalue weighted by Crippen LogP contribution is -2.00. The molecule has 1 N–H and O–H groups in total. The van der Waals surface area contributed by atoms with Crippen molar-refractivity contribution >= 4 is 10.1 Å². The van der Waals surface area contributed by atoms with Crippen LogP contribution in [0.15, 0.2) is 17.0 Å². The van der Waals surface area contributed by atoms with E-state index >= 15 is 0 Å². The van der Waals surface area contributed by atoms with E-state index in [1.54, 1.807) is 12.1 Å². The topological polar surface area (TPSA) is 66.9 Å². The zero-order valence-electron chi connectivity index (χ0n) is 6.94. The molecule has 70 valence electrons. The largest absolute Gasteiger partial charge is 0.448 e. The van der Waals surface area contributed by atoms with Gasteiger partial charge in [0, 0.05) is 0 Å². The van der Waals surface area contributed by atoms with Gasteiger partial charge in [0.15, 0.2) is 11.5 Å². The van der Waals surface area contributed by atoms with E-state index in [1.807, 2.05) is 6.92 Å². The molecular weight excluding hydrogens is 192 g/mol. The van der Waals surface area contributed by atoms with E-state index in [0.29, 0.717) is 23.5 Å². The van der Waals surface area contributed by atoms with Gasteiger partial charge in [-0.2, -0.15) is 8.42 Å². The Morgan fingerprint density at radius 1 is 1.46 bits per heavy atom. The average Bonchev–Trinajstić information content (AvgIpc) is 2.78. The third kappa shape index (κ3) is 1.30. The molecule has 13 heavy (non-hydrogen) atoms. The minimum atomic E-state index is -4.15. The van der Waals surface area contributed by atoms with E-state index in [4.69, 9.17) is 9.29 Å². The Kier molecular flexibility index (Phi) is 1.61. The van der Waals surface area contributed by atoms with Crippen molar-refractivity contribution in [3.63, 3.8) is 0 Å². The van der Waals surface area contributed by atoms with Gasteiger partial charge in [0.05, 0.1) is 0 Å². The summed E-state index contributed by atoms with van der Waals surface area (Å²) in [7, 11) is -4.15. The van der Waals surface area contributed by atoms with Crippen molar-refractivity contribution in [1.82, 2.24) is 0 Å². The standard InChI is InChI=1S/C8H8O4S/c1-2-5-3-4-6-7(12-6)8(5)13(9,10)11/h3-4H,2H2,1H3,(H,9,10,11). The molecule has 0 spiro atoms. The van der Waals surface area contributed by atoms with E-state index in [9.17, 15) is 8.42 Å². The summed E-state index contributed by atoms with van der Waals surface area (Å²) in [6.45, 7) is 1.82. The van der Waals surface area contributed by atoms with Crippen LogP contribution >= 0.6 is 0 Å². The first-order valence-corrected chi connectivity index (χ1v) is 5.29. The van der Waals surface area contributed by atoms with Crippen LogP contribution in [0.25, 0.3) is 0 Å². The Morgan fingerprint density at radius 3 is 2.69 bits per heavy atom. The van der Waals surface area contributed by atoms with Crippen LogP contribution in [0.1, 0.15) is 12.5 Å². The molecule has 0 saturated heterocycles. The van der Waals surface area contributed by atoms with Gasteiger partial charge in [0.1, 0.15) is 4.90 Å². The van der Waals surface area contributed by atoms with Gasteiger partial charge in [-0.1, -0.05) is 13.0 Å². The van der Waals surface area contributed by atoms with Crippen molar-refractivity contribution in [3.8, 4) is 11.5 Å². The van der Waals surface area contributed by atoms with Crippen LogP contribution < -0.4 is 4.74 Å². The summed E-state index contributed by atoms with van der Waals surface area (Å²) in [6, 6.07) is 3.35. The second-order valence-electron chi connectivity index (χ2n) is 2.81. The van der Waals surface area contributed by atoms with E-state index in [-0.39, 0.29) is 4.90 Å². The molecule has 2 rings (SSSR count). The highest BCUT2D eigenvalue weighted by Crippen LogP contribution is 2.51. The summed E-state index contributed by atoms with van der Waals surface area (Å²) in [5.41, 5.74) is 0.582. The molecule has 0 saturated carbocycles. The van der Waals surface area contributed by atoms with E-state index in [1.165, 1.54) is 0 Å². The van der Waals surface area contributed by atoms with Crippen LogP contribution in [0.4, 0.5) is 0 Å². The molecule has 0 unspecified atom stereocenters. The van der Waals surface area contributed by atoms with Crippen molar-refractivity contribution in [2.24, 2.45) is 0 Å². The molecule has 1 heterocycles. The minimum absolute atomic E-state index is 0.0764. The molecule has 0 atom stereocenters. The lowest BCUT2D eigenvalue weighted by molar-refractivity contribution is 0.480. The highest BCUT2D eigenvalue weighted by atomic mass is 32.2. The minimum Gasteiger partial charge on any atom is -0.448 e. The summed E-state index contributed by atoms with van der Waals surface area (Å²) in [5, 5.41) is 0. The van der Waals surface area contributed by atoms with E-state index in [2.05, 4.69) is 0 Å². The van der Waals surface area contributed by atoms with Gasteiger partial charge in [-0.25, -0.2) is 0 Å². The fraction of sp³-hybridized carbons (Fsp3) is 0.250. The summed E-state index contributed by atoms with van der Waals surface area (Å²) in [6.07, 6.45) is 0.547. The van der Waals surface area contributed by atoms with Gasteiger partial charge in [-0.15, -0.1) is 0 Å². The van der Waals surface area contributed by atoms with Crippen LogP contribution in [-0.2, 0) is 16.5 Å². The number of hydrogen-bond donors (Lipinski definition) is 1. The van der Waals surface area contributed by atoms with Crippen molar-refractivity contribution in [2.45, 2.75) is 18.2 Å². The summed E-state index contributed by atoms with van der Waals surface area (Å²) in [4.78, 5) is -0.0764. The summed E-state index contributed by atoms with van der Waals surface area (Å²) in [5.74, 6) is 0.826. The first-order chi connectivity index (χ1) is 6.04. The molecule has 0 aromatic heterocycles. The first-order valence-electron chi connectivity index (χ1n) is 3.85. The van der Waals surface area contributed by atoms with Crippen LogP contribution in [0, 0.1) is 0 Å². The fourth-order valence-corrected chi connectivity index (χ4v) is 2.23. The molecular formula is C8H8O4S. The zero-order valence-corrected chi connectivity index (χ0v) is 7.76. The SMILES string of the molecule is CCc1ccc2c(c1S(=O)(=O)O)O2. The lowest BCUT2D eigenvalue weighted by atomic mass is 10.2. The predicted molar refractivity (Wildman–Crippen MR) is 45.7 cm³/mol. The first kappa shape index (κ1) is 8.52. The van der Waals surface area contributed by atoms with E-state index in [0.717, 1.165) is 0 Å². The quantitative estimate of drug-likeness (QED) is 0.590. The molecule has 1 aliphatic heterocycles. The maximum Gasteiger partial charge on any atom is 0.298 e. The molecule has 5 heteroatoms. The van der Waals surface area contributed by atoms with Crippen LogP contribution in [-0.4, -0.2) is 13.0 Å². The predicted octanol–water partition coefficient (Wildman–Crippen LogP) is 1.60. The zero-order chi connectivity index (χ0) is 9.64.